The average molecular weight is 463 g/mol. The Labute approximate surface area is 190 Å². The summed E-state index contributed by atoms with van der Waals surface area (Å²) in [6, 6.07) is 0. The second kappa shape index (κ2) is 11.3. The first kappa shape index (κ1) is 23.3. The lowest BCUT2D eigenvalue weighted by Crippen LogP contribution is -2.47. The molecule has 5 nitrogen and oxygen atoms in total. The third-order valence-electron chi connectivity index (χ3n) is 7.12. The molecule has 2 aliphatic carbocycles. The quantitative estimate of drug-likeness (QED) is 0.508. The number of alkyl halides is 2. The first-order valence-corrected chi connectivity index (χ1v) is 12.8. The molecule has 0 aromatic carbocycles. The van der Waals surface area contributed by atoms with Crippen LogP contribution in [-0.4, -0.2) is 54.5 Å². The molecule has 4 fully saturated rings. The highest BCUT2D eigenvalue weighted by Gasteiger charge is 2.44. The molecule has 0 N–H and O–H groups in total. The molecule has 0 amide bonds. The number of ether oxygens (including phenoxy) is 4. The number of halogens is 2. The van der Waals surface area contributed by atoms with Gasteiger partial charge in [-0.05, 0) is 70.6 Å². The van der Waals surface area contributed by atoms with Crippen molar-refractivity contribution in [1.29, 1.82) is 0 Å². The lowest BCUT2D eigenvalue weighted by atomic mass is 9.74. The van der Waals surface area contributed by atoms with Crippen LogP contribution in [0, 0.1) is 11.8 Å². The number of hydrogen-bond donors (Lipinski definition) is 0. The van der Waals surface area contributed by atoms with Gasteiger partial charge in [0.05, 0.1) is 12.2 Å². The molecular weight excluding hydrogens is 427 g/mol. The van der Waals surface area contributed by atoms with E-state index < -0.39 is 0 Å². The Morgan fingerprint density at radius 2 is 1.43 bits per heavy atom. The molecule has 2 heterocycles. The predicted octanol–water partition coefficient (Wildman–Crippen LogP) is 5.19. The number of carbonyl (C=O) groups excluding carboxylic acids is 1. The minimum atomic E-state index is -0.220. The SMILES string of the molecule is O=C(C1CC(Cl)CCC1Cl)C1CCC(OC2CCCCO2)CC1OC1CCCCO1. The molecule has 0 aromatic heterocycles. The summed E-state index contributed by atoms with van der Waals surface area (Å²) in [7, 11) is 0. The van der Waals surface area contributed by atoms with Crippen LogP contribution in [0.3, 0.4) is 0 Å². The number of hydrogen-bond acceptors (Lipinski definition) is 5. The van der Waals surface area contributed by atoms with Crippen molar-refractivity contribution in [2.24, 2.45) is 11.8 Å². The normalized spacial score (nSPS) is 43.3. The molecule has 2 aliphatic heterocycles. The smallest absolute Gasteiger partial charge is 0.157 e. The van der Waals surface area contributed by atoms with E-state index in [0.29, 0.717) is 12.8 Å². The summed E-state index contributed by atoms with van der Waals surface area (Å²) in [4.78, 5) is 13.5. The van der Waals surface area contributed by atoms with E-state index in [9.17, 15) is 4.79 Å². The van der Waals surface area contributed by atoms with Crippen molar-refractivity contribution in [1.82, 2.24) is 0 Å². The molecule has 0 radical (unpaired) electrons. The van der Waals surface area contributed by atoms with Crippen molar-refractivity contribution in [2.45, 2.75) is 113 Å². The molecular formula is C23H36Cl2O5. The van der Waals surface area contributed by atoms with Crippen LogP contribution in [0.25, 0.3) is 0 Å². The molecule has 0 bridgehead atoms. The maximum atomic E-state index is 13.5. The van der Waals surface area contributed by atoms with Gasteiger partial charge in [0, 0.05) is 42.2 Å². The Bertz CT molecular complexity index is 550. The van der Waals surface area contributed by atoms with Crippen molar-refractivity contribution in [3.05, 3.63) is 0 Å². The number of ketones is 1. The van der Waals surface area contributed by atoms with Gasteiger partial charge in [0.2, 0.25) is 0 Å². The fraction of sp³-hybridized carbons (Fsp3) is 0.957. The largest absolute Gasteiger partial charge is 0.353 e. The van der Waals surface area contributed by atoms with Gasteiger partial charge in [0.15, 0.2) is 12.6 Å². The number of Topliss-reactive ketones (excluding diaryl/α,β-unsaturated/α-hetero) is 1. The minimum Gasteiger partial charge on any atom is -0.353 e. The molecule has 2 saturated heterocycles. The molecule has 0 spiro atoms. The standard InChI is InChI=1S/C23H36Cl2O5/c24-15-7-10-19(25)18(13-15)23(26)17-9-8-16(29-21-5-1-3-11-27-21)14-20(17)30-22-6-2-4-12-28-22/h15-22H,1-14H2. The zero-order valence-electron chi connectivity index (χ0n) is 17.8. The van der Waals surface area contributed by atoms with Crippen LogP contribution in [-0.2, 0) is 23.7 Å². The van der Waals surface area contributed by atoms with E-state index in [4.69, 9.17) is 42.1 Å². The Hall–Kier alpha value is 0.0900. The van der Waals surface area contributed by atoms with Crippen LogP contribution < -0.4 is 0 Å². The first-order valence-electron chi connectivity index (χ1n) is 12.0. The van der Waals surface area contributed by atoms with Gasteiger partial charge in [-0.15, -0.1) is 23.2 Å². The van der Waals surface area contributed by atoms with Gasteiger partial charge < -0.3 is 18.9 Å². The fourth-order valence-electron chi connectivity index (χ4n) is 5.39. The van der Waals surface area contributed by atoms with Gasteiger partial charge in [-0.2, -0.15) is 0 Å². The Morgan fingerprint density at radius 3 is 2.10 bits per heavy atom. The number of rotatable bonds is 6. The maximum Gasteiger partial charge on any atom is 0.157 e. The van der Waals surface area contributed by atoms with Crippen LogP contribution in [0.5, 0.6) is 0 Å². The second-order valence-corrected chi connectivity index (χ2v) is 10.6. The highest BCUT2D eigenvalue weighted by molar-refractivity contribution is 6.24. The monoisotopic (exact) mass is 462 g/mol. The van der Waals surface area contributed by atoms with Crippen LogP contribution in [0.2, 0.25) is 0 Å². The van der Waals surface area contributed by atoms with E-state index in [-0.39, 0.29) is 53.2 Å². The summed E-state index contributed by atoms with van der Waals surface area (Å²) in [5.74, 6) is -0.102. The van der Waals surface area contributed by atoms with E-state index in [2.05, 4.69) is 0 Å². The minimum absolute atomic E-state index is 0.0399. The van der Waals surface area contributed by atoms with Crippen molar-refractivity contribution in [3.8, 4) is 0 Å². The number of carbonyl (C=O) groups is 1. The highest BCUT2D eigenvalue weighted by atomic mass is 35.5. The van der Waals surface area contributed by atoms with Crippen molar-refractivity contribution in [3.63, 3.8) is 0 Å². The first-order chi connectivity index (χ1) is 14.6. The van der Waals surface area contributed by atoms with Crippen molar-refractivity contribution in [2.75, 3.05) is 13.2 Å². The Balaban J connectivity index is 1.41. The third-order valence-corrected chi connectivity index (χ3v) is 8.04. The van der Waals surface area contributed by atoms with Gasteiger partial charge in [-0.1, -0.05) is 0 Å². The molecule has 0 aromatic rings. The van der Waals surface area contributed by atoms with Crippen LogP contribution in [0.4, 0.5) is 0 Å². The molecule has 4 rings (SSSR count). The zero-order valence-corrected chi connectivity index (χ0v) is 19.3. The molecule has 7 heteroatoms. The van der Waals surface area contributed by atoms with Crippen molar-refractivity contribution < 1.29 is 23.7 Å². The summed E-state index contributed by atoms with van der Waals surface area (Å²) in [6.45, 7) is 1.50. The van der Waals surface area contributed by atoms with Gasteiger partial charge >= 0.3 is 0 Å². The Kier molecular flexibility index (Phi) is 8.75. The maximum absolute atomic E-state index is 13.5. The van der Waals surface area contributed by atoms with Gasteiger partial charge in [0.25, 0.3) is 0 Å². The van der Waals surface area contributed by atoms with Crippen LogP contribution in [0.15, 0.2) is 0 Å². The lowest BCUT2D eigenvalue weighted by Gasteiger charge is -2.41. The fourth-order valence-corrected chi connectivity index (χ4v) is 6.06. The van der Waals surface area contributed by atoms with Crippen molar-refractivity contribution >= 4 is 29.0 Å². The van der Waals surface area contributed by atoms with Gasteiger partial charge in [-0.25, -0.2) is 0 Å². The van der Waals surface area contributed by atoms with E-state index in [0.717, 1.165) is 77.4 Å². The molecule has 4 aliphatic rings. The average Bonchev–Trinajstić information content (AvgIpc) is 2.77. The lowest BCUT2D eigenvalue weighted by molar-refractivity contribution is -0.232. The third kappa shape index (κ3) is 6.11. The highest BCUT2D eigenvalue weighted by Crippen LogP contribution is 2.39. The summed E-state index contributed by atoms with van der Waals surface area (Å²) in [5, 5.41) is -0.0817. The molecule has 8 atom stereocenters. The molecule has 2 saturated carbocycles. The van der Waals surface area contributed by atoms with E-state index >= 15 is 0 Å². The molecule has 8 unspecified atom stereocenters. The van der Waals surface area contributed by atoms with Crippen LogP contribution in [0.1, 0.15) is 77.0 Å². The second-order valence-electron chi connectivity index (χ2n) is 9.38. The van der Waals surface area contributed by atoms with Gasteiger partial charge in [-0.3, -0.25) is 4.79 Å². The predicted molar refractivity (Wildman–Crippen MR) is 116 cm³/mol. The molecule has 30 heavy (non-hydrogen) atoms. The summed E-state index contributed by atoms with van der Waals surface area (Å²) < 4.78 is 24.3. The summed E-state index contributed by atoms with van der Waals surface area (Å²) >= 11 is 13.0. The van der Waals surface area contributed by atoms with E-state index in [1.807, 2.05) is 0 Å². The Morgan fingerprint density at radius 1 is 0.733 bits per heavy atom. The van der Waals surface area contributed by atoms with E-state index in [1.165, 1.54) is 0 Å². The zero-order chi connectivity index (χ0) is 20.9. The van der Waals surface area contributed by atoms with Crippen LogP contribution >= 0.6 is 23.2 Å². The molecule has 172 valence electrons. The topological polar surface area (TPSA) is 54.0 Å². The van der Waals surface area contributed by atoms with E-state index in [1.54, 1.807) is 0 Å². The summed E-state index contributed by atoms with van der Waals surface area (Å²) in [5.41, 5.74) is 0. The van der Waals surface area contributed by atoms with Gasteiger partial charge in [0.1, 0.15) is 5.78 Å². The summed E-state index contributed by atoms with van der Waals surface area (Å²) in [6.07, 6.45) is 10.5.